The number of carbonyl (C=O) groups excluding carboxylic acids is 2. The van der Waals surface area contributed by atoms with Gasteiger partial charge in [0, 0.05) is 59.7 Å². The molecule has 6 heterocycles. The van der Waals surface area contributed by atoms with Crippen LogP contribution < -0.4 is 10.6 Å². The number of hydrogen-bond donors (Lipinski definition) is 4. The van der Waals surface area contributed by atoms with Crippen molar-refractivity contribution in [1.82, 2.24) is 30.4 Å². The summed E-state index contributed by atoms with van der Waals surface area (Å²) in [6, 6.07) is 65.5. The summed E-state index contributed by atoms with van der Waals surface area (Å²) in [6.07, 6.45) is 7.90. The monoisotopic (exact) mass is 1040 g/mol. The fourth-order valence-electron chi connectivity index (χ4n) is 10.9. The fourth-order valence-corrected chi connectivity index (χ4v) is 10.9. The van der Waals surface area contributed by atoms with Gasteiger partial charge in [-0.25, -0.2) is 14.7 Å². The minimum Gasteiger partial charge on any atom is -0.394 e. The normalized spacial score (nSPS) is 13.9. The van der Waals surface area contributed by atoms with Gasteiger partial charge in [-0.3, -0.25) is 24.5 Å². The van der Waals surface area contributed by atoms with Gasteiger partial charge in [0.2, 0.25) is 0 Å². The molecule has 3 aliphatic rings. The predicted octanol–water partition coefficient (Wildman–Crippen LogP) is 10.3. The third-order valence-electron chi connectivity index (χ3n) is 14.8. The Morgan fingerprint density at radius 3 is 1.44 bits per heavy atom. The van der Waals surface area contributed by atoms with Crippen molar-refractivity contribution in [2.45, 2.75) is 37.0 Å². The Balaban J connectivity index is 0.000000177. The van der Waals surface area contributed by atoms with Gasteiger partial charge in [0.05, 0.1) is 54.4 Å². The molecule has 4 N–H and O–H groups in total. The van der Waals surface area contributed by atoms with Gasteiger partial charge in [-0.1, -0.05) is 158 Å². The number of aromatic nitrogens is 4. The molecule has 0 saturated carbocycles. The number of amides is 2. The number of hydrogen-bond acceptors (Lipinski definition) is 10. The van der Waals surface area contributed by atoms with Crippen LogP contribution in [0.15, 0.2) is 240 Å². The molecule has 79 heavy (non-hydrogen) atoms. The molecule has 13 heteroatoms. The average molecular weight is 1040 g/mol. The van der Waals surface area contributed by atoms with Crippen LogP contribution in [0.2, 0.25) is 0 Å². The maximum absolute atomic E-state index is 13.6. The highest BCUT2D eigenvalue weighted by atomic mass is 16.3. The Hall–Kier alpha value is -9.82. The van der Waals surface area contributed by atoms with Gasteiger partial charge in [0.25, 0.3) is 11.8 Å². The summed E-state index contributed by atoms with van der Waals surface area (Å²) in [5.41, 5.74) is 15.2. The molecule has 2 amide bonds. The van der Waals surface area contributed by atoms with Crippen molar-refractivity contribution in [2.24, 2.45) is 15.0 Å². The van der Waals surface area contributed by atoms with E-state index in [-0.39, 0.29) is 25.0 Å². The lowest BCUT2D eigenvalue weighted by Gasteiger charge is -2.37. The van der Waals surface area contributed by atoms with Crippen LogP contribution >= 0.6 is 0 Å². The number of carbonyl (C=O) groups is 2. The molecule has 0 saturated heterocycles. The Bertz CT molecular complexity index is 3830. The SMILES string of the molecule is O=C(N[C@H](CO)c1ccccc1)C1=Nc2cc3c(-c4ccncc4)nn(C(c4ccccc4)(c4ccccc4)c4ccccc4)c3cc2C1.O=C(N[C@H](CO)c1ccccc1)C1=Nc2cc3c(cc2C1)CN=C3c1ccncc1. The molecule has 2 atom stereocenters. The lowest BCUT2D eigenvalue weighted by molar-refractivity contribution is -0.116. The molecule has 386 valence electrons. The third kappa shape index (κ3) is 9.73. The molecular weight excluding hydrogens is 983 g/mol. The first kappa shape index (κ1) is 50.0. The first-order valence-corrected chi connectivity index (χ1v) is 26.2. The summed E-state index contributed by atoms with van der Waals surface area (Å²) >= 11 is 0. The largest absolute Gasteiger partial charge is 0.394 e. The van der Waals surface area contributed by atoms with Crippen LogP contribution in [-0.2, 0) is 34.5 Å². The zero-order valence-electron chi connectivity index (χ0n) is 42.9. The summed E-state index contributed by atoms with van der Waals surface area (Å²) in [7, 11) is 0. The van der Waals surface area contributed by atoms with Crippen LogP contribution in [0, 0.1) is 0 Å². The van der Waals surface area contributed by atoms with Crippen molar-refractivity contribution >= 4 is 51.2 Å². The highest BCUT2D eigenvalue weighted by molar-refractivity contribution is 6.41. The maximum Gasteiger partial charge on any atom is 0.266 e. The number of aliphatic imine (C=N–C) groups is 3. The molecule has 0 unspecified atom stereocenters. The van der Waals surface area contributed by atoms with E-state index in [9.17, 15) is 19.8 Å². The van der Waals surface area contributed by atoms with E-state index in [4.69, 9.17) is 10.1 Å². The number of pyridine rings is 2. The summed E-state index contributed by atoms with van der Waals surface area (Å²) in [6.45, 7) is 0.240. The lowest BCUT2D eigenvalue weighted by atomic mass is 9.77. The van der Waals surface area contributed by atoms with Crippen LogP contribution in [0.3, 0.4) is 0 Å². The lowest BCUT2D eigenvalue weighted by Crippen LogP contribution is -2.38. The minimum atomic E-state index is -0.842. The average Bonchev–Trinajstić information content (AvgIpc) is 4.47. The summed E-state index contributed by atoms with van der Waals surface area (Å²) in [5.74, 6) is -0.552. The Morgan fingerprint density at radius 2 is 0.962 bits per heavy atom. The highest BCUT2D eigenvalue weighted by Crippen LogP contribution is 2.46. The van der Waals surface area contributed by atoms with Crippen LogP contribution in [0.4, 0.5) is 11.4 Å². The summed E-state index contributed by atoms with van der Waals surface area (Å²) in [5, 5.41) is 32.1. The van der Waals surface area contributed by atoms with Crippen molar-refractivity contribution in [1.29, 1.82) is 0 Å². The molecule has 7 aromatic carbocycles. The fraction of sp³-hybridized carbons (Fsp3) is 0.121. The number of rotatable bonds is 14. The molecule has 0 bridgehead atoms. The van der Waals surface area contributed by atoms with Crippen LogP contribution in [0.25, 0.3) is 22.2 Å². The van der Waals surface area contributed by atoms with Crippen molar-refractivity contribution in [3.05, 3.63) is 281 Å². The van der Waals surface area contributed by atoms with Gasteiger partial charge in [-0.15, -0.1) is 0 Å². The number of aliphatic hydroxyl groups excluding tert-OH is 2. The molecule has 13 nitrogen and oxygen atoms in total. The van der Waals surface area contributed by atoms with Gasteiger partial charge in [0.1, 0.15) is 22.7 Å². The van der Waals surface area contributed by atoms with Gasteiger partial charge in [-0.2, -0.15) is 5.10 Å². The first-order chi connectivity index (χ1) is 38.9. The van der Waals surface area contributed by atoms with Gasteiger partial charge in [-0.05, 0) is 87.0 Å². The zero-order valence-corrected chi connectivity index (χ0v) is 42.9. The first-order valence-electron chi connectivity index (χ1n) is 26.2. The van der Waals surface area contributed by atoms with E-state index >= 15 is 0 Å². The molecular formula is C66H53N9O4. The molecule has 13 rings (SSSR count). The molecule has 0 radical (unpaired) electrons. The number of aliphatic hydroxyl groups is 2. The van der Waals surface area contributed by atoms with E-state index in [2.05, 4.69) is 126 Å². The standard InChI is InChI=1S/C42H33N5O2.C24H20N4O2/c48-28-38(29-13-5-1-6-14-29)45-41(49)37-25-31-26-39-35(27-36(31)44-37)40(30-21-23-43-24-22-30)46-47(39)42(32-15-7-2-8-16-32,33-17-9-3-10-18-33)34-19-11-4-12-20-34;29-14-22(15-4-2-1-3-5-15)28-24(30)21-11-17-10-18-13-26-23(16-6-8-25-9-7-16)19(18)12-20(17)27-21/h1-24,26-27,38,48H,25,28H2,(H,45,49);1-10,12,22,29H,11,13-14H2,(H,28,30)/t38-;22-/m11/s1. The second kappa shape index (κ2) is 22.0. The number of fused-ring (bicyclic) bond motifs is 4. The molecule has 0 aliphatic carbocycles. The second-order valence-electron chi connectivity index (χ2n) is 19.6. The molecule has 3 aliphatic heterocycles. The van der Waals surface area contributed by atoms with E-state index < -0.39 is 17.6 Å². The topological polar surface area (TPSA) is 179 Å². The Morgan fingerprint density at radius 1 is 0.519 bits per heavy atom. The van der Waals surface area contributed by atoms with Crippen molar-refractivity contribution in [3.8, 4) is 11.3 Å². The molecule has 10 aromatic rings. The Labute approximate surface area is 456 Å². The van der Waals surface area contributed by atoms with Gasteiger partial charge in [0.15, 0.2) is 0 Å². The Kier molecular flexibility index (Phi) is 14.0. The van der Waals surface area contributed by atoms with Gasteiger partial charge >= 0.3 is 0 Å². The molecule has 0 fully saturated rings. The van der Waals surface area contributed by atoms with Crippen molar-refractivity contribution in [2.75, 3.05) is 13.2 Å². The van der Waals surface area contributed by atoms with E-state index in [1.165, 1.54) is 0 Å². The quantitative estimate of drug-likeness (QED) is 0.0783. The van der Waals surface area contributed by atoms with E-state index in [1.807, 2.05) is 109 Å². The molecule has 3 aromatic heterocycles. The zero-order chi connectivity index (χ0) is 53.7. The number of nitrogens with one attached hydrogen (secondary N) is 2. The highest BCUT2D eigenvalue weighted by Gasteiger charge is 2.41. The second-order valence-corrected chi connectivity index (χ2v) is 19.6. The summed E-state index contributed by atoms with van der Waals surface area (Å²) < 4.78 is 2.15. The van der Waals surface area contributed by atoms with Gasteiger partial charge < -0.3 is 20.8 Å². The number of nitrogens with zero attached hydrogens (tertiary/aromatic N) is 7. The number of benzene rings is 7. The maximum atomic E-state index is 13.6. The minimum absolute atomic E-state index is 0.171. The van der Waals surface area contributed by atoms with Crippen LogP contribution in [0.1, 0.15) is 67.7 Å². The van der Waals surface area contributed by atoms with Crippen molar-refractivity contribution < 1.29 is 19.8 Å². The summed E-state index contributed by atoms with van der Waals surface area (Å²) in [4.78, 5) is 48.9. The van der Waals surface area contributed by atoms with Crippen LogP contribution in [0.5, 0.6) is 0 Å². The van der Waals surface area contributed by atoms with Crippen LogP contribution in [-0.4, -0.2) is 72.1 Å². The predicted molar refractivity (Wildman–Crippen MR) is 308 cm³/mol. The molecule has 0 spiro atoms. The van der Waals surface area contributed by atoms with Crippen molar-refractivity contribution in [3.63, 3.8) is 0 Å². The van der Waals surface area contributed by atoms with E-state index in [0.717, 1.165) is 94.9 Å². The van der Waals surface area contributed by atoms with E-state index in [0.29, 0.717) is 30.8 Å². The third-order valence-corrected chi connectivity index (χ3v) is 14.8. The smallest absolute Gasteiger partial charge is 0.266 e. The van der Waals surface area contributed by atoms with E-state index in [1.54, 1.807) is 24.8 Å².